The van der Waals surface area contributed by atoms with E-state index in [2.05, 4.69) is 26.5 Å². The Kier molecular flexibility index (Phi) is 8.20. The molecule has 0 atom stereocenters. The summed E-state index contributed by atoms with van der Waals surface area (Å²) in [6, 6.07) is 18.4. The minimum absolute atomic E-state index is 0.174. The monoisotopic (exact) mass is 559 g/mol. The van der Waals surface area contributed by atoms with Crippen molar-refractivity contribution in [3.63, 3.8) is 0 Å². The zero-order valence-electron chi connectivity index (χ0n) is 18.8. The van der Waals surface area contributed by atoms with Gasteiger partial charge < -0.3 is 4.90 Å². The number of carbonyl (C=O) groups is 1. The Balaban J connectivity index is 1.85. The summed E-state index contributed by atoms with van der Waals surface area (Å²) in [5.74, 6) is -0.726. The largest absolute Gasteiger partial charge is 0.377 e. The molecule has 0 unspecified atom stereocenters. The first-order valence-corrected chi connectivity index (χ1v) is 12.4. The number of hydrazone groups is 1. The zero-order valence-corrected chi connectivity index (χ0v) is 21.2. The number of benzene rings is 3. The molecule has 12 heteroatoms. The van der Waals surface area contributed by atoms with Crippen LogP contribution in [-0.2, 0) is 14.8 Å². The van der Waals surface area contributed by atoms with E-state index in [1.54, 1.807) is 18.2 Å². The Hall–Kier alpha value is -3.77. The van der Waals surface area contributed by atoms with Gasteiger partial charge in [0.15, 0.2) is 4.90 Å². The molecule has 3 aromatic carbocycles. The van der Waals surface area contributed by atoms with Gasteiger partial charge in [-0.05, 0) is 51.8 Å². The molecule has 0 heterocycles. The third-order valence-corrected chi connectivity index (χ3v) is 7.27. The maximum Gasteiger partial charge on any atom is 0.289 e. The average Bonchev–Trinajstić information content (AvgIpc) is 2.82. The molecule has 35 heavy (non-hydrogen) atoms. The lowest BCUT2D eigenvalue weighted by Gasteiger charge is -2.23. The number of anilines is 2. The first-order chi connectivity index (χ1) is 16.6. The fraction of sp³-hybridized carbons (Fsp3) is 0.130. The van der Waals surface area contributed by atoms with Crippen LogP contribution < -0.4 is 14.6 Å². The van der Waals surface area contributed by atoms with Gasteiger partial charge in [0.1, 0.15) is 6.54 Å². The molecule has 0 bridgehead atoms. The summed E-state index contributed by atoms with van der Waals surface area (Å²) in [5.41, 5.74) is 3.57. The maximum atomic E-state index is 13.4. The highest BCUT2D eigenvalue weighted by atomic mass is 79.9. The molecule has 3 aromatic rings. The summed E-state index contributed by atoms with van der Waals surface area (Å²) in [7, 11) is -0.638. The van der Waals surface area contributed by atoms with Crippen LogP contribution in [0.4, 0.5) is 17.1 Å². The number of nitro groups is 1. The Morgan fingerprint density at radius 3 is 2.37 bits per heavy atom. The van der Waals surface area contributed by atoms with E-state index in [4.69, 9.17) is 0 Å². The highest BCUT2D eigenvalue weighted by molar-refractivity contribution is 9.10. The smallest absolute Gasteiger partial charge is 0.289 e. The standard InChI is InChI=1S/C23H22BrN5O5S/c1-27(2)20-13-12-17(14-19(20)24)15-25-26-23(30)16-28(18-8-4-3-5-9-18)35(33,34)22-11-7-6-10-21(22)29(31)32/h3-15H,16H2,1-2H3,(H,26,30)/b25-15-. The van der Waals surface area contributed by atoms with Gasteiger partial charge in [0.05, 0.1) is 22.5 Å². The van der Waals surface area contributed by atoms with Crippen LogP contribution in [0.3, 0.4) is 0 Å². The third-order valence-electron chi connectivity index (χ3n) is 4.82. The predicted octanol–water partition coefficient (Wildman–Crippen LogP) is 3.77. The predicted molar refractivity (Wildman–Crippen MR) is 138 cm³/mol. The summed E-state index contributed by atoms with van der Waals surface area (Å²) >= 11 is 3.48. The van der Waals surface area contributed by atoms with E-state index in [1.807, 2.05) is 37.2 Å². The van der Waals surface area contributed by atoms with Gasteiger partial charge in [0.25, 0.3) is 21.6 Å². The summed E-state index contributed by atoms with van der Waals surface area (Å²) in [5, 5.41) is 15.3. The number of amides is 1. The fourth-order valence-electron chi connectivity index (χ4n) is 3.16. The molecule has 182 valence electrons. The van der Waals surface area contributed by atoms with Crippen molar-refractivity contribution in [2.24, 2.45) is 5.10 Å². The van der Waals surface area contributed by atoms with Gasteiger partial charge in [0.2, 0.25) is 0 Å². The molecule has 0 aliphatic heterocycles. The lowest BCUT2D eigenvalue weighted by atomic mass is 10.2. The van der Waals surface area contributed by atoms with Crippen LogP contribution >= 0.6 is 15.9 Å². The highest BCUT2D eigenvalue weighted by Crippen LogP contribution is 2.29. The lowest BCUT2D eigenvalue weighted by molar-refractivity contribution is -0.387. The number of hydrogen-bond acceptors (Lipinski definition) is 7. The minimum atomic E-state index is -4.45. The van der Waals surface area contributed by atoms with Crippen molar-refractivity contribution in [1.29, 1.82) is 0 Å². The Labute approximate surface area is 211 Å². The molecular formula is C23H22BrN5O5S. The van der Waals surface area contributed by atoms with Crippen LogP contribution in [0.25, 0.3) is 0 Å². The summed E-state index contributed by atoms with van der Waals surface area (Å²) in [6.07, 6.45) is 1.42. The van der Waals surface area contributed by atoms with Crippen molar-refractivity contribution in [2.45, 2.75) is 4.90 Å². The molecule has 0 saturated carbocycles. The van der Waals surface area contributed by atoms with Crippen LogP contribution in [0, 0.1) is 10.1 Å². The van der Waals surface area contributed by atoms with Gasteiger partial charge in [-0.1, -0.05) is 36.4 Å². The van der Waals surface area contributed by atoms with Crippen molar-refractivity contribution in [2.75, 3.05) is 29.8 Å². The zero-order chi connectivity index (χ0) is 25.6. The van der Waals surface area contributed by atoms with Crippen molar-refractivity contribution < 1.29 is 18.1 Å². The van der Waals surface area contributed by atoms with Crippen molar-refractivity contribution in [3.05, 3.63) is 92.9 Å². The molecule has 10 nitrogen and oxygen atoms in total. The van der Waals surface area contributed by atoms with E-state index in [-0.39, 0.29) is 5.69 Å². The van der Waals surface area contributed by atoms with E-state index < -0.39 is 38.0 Å². The van der Waals surface area contributed by atoms with E-state index >= 15 is 0 Å². The molecule has 0 aromatic heterocycles. The van der Waals surface area contributed by atoms with Gasteiger partial charge >= 0.3 is 0 Å². The molecular weight excluding hydrogens is 538 g/mol. The Morgan fingerprint density at radius 1 is 1.09 bits per heavy atom. The fourth-order valence-corrected chi connectivity index (χ4v) is 5.50. The van der Waals surface area contributed by atoms with Crippen LogP contribution in [0.5, 0.6) is 0 Å². The van der Waals surface area contributed by atoms with E-state index in [9.17, 15) is 23.3 Å². The van der Waals surface area contributed by atoms with Crippen LogP contribution in [0.15, 0.2) is 87.3 Å². The number of para-hydroxylation sites is 2. The third kappa shape index (κ3) is 6.22. The second-order valence-electron chi connectivity index (χ2n) is 7.47. The number of rotatable bonds is 9. The second kappa shape index (κ2) is 11.1. The average molecular weight is 560 g/mol. The lowest BCUT2D eigenvalue weighted by Crippen LogP contribution is -2.39. The first kappa shape index (κ1) is 25.8. The Bertz CT molecular complexity index is 1360. The van der Waals surface area contributed by atoms with Gasteiger partial charge in [-0.3, -0.25) is 19.2 Å². The Morgan fingerprint density at radius 2 is 1.74 bits per heavy atom. The number of nitrogens with one attached hydrogen (secondary N) is 1. The molecule has 1 N–H and O–H groups in total. The first-order valence-electron chi connectivity index (χ1n) is 10.2. The van der Waals surface area contributed by atoms with Gasteiger partial charge in [0, 0.05) is 24.6 Å². The van der Waals surface area contributed by atoms with Crippen LogP contribution in [-0.4, -0.2) is 46.1 Å². The van der Waals surface area contributed by atoms with Crippen molar-refractivity contribution in [1.82, 2.24) is 5.43 Å². The molecule has 0 fully saturated rings. The topological polar surface area (TPSA) is 125 Å². The number of carbonyl (C=O) groups excluding carboxylic acids is 1. The summed E-state index contributed by atoms with van der Waals surface area (Å²) < 4.78 is 28.5. The quantitative estimate of drug-likeness (QED) is 0.241. The molecule has 0 aliphatic carbocycles. The molecule has 1 amide bonds. The van der Waals surface area contributed by atoms with Crippen LogP contribution in [0.1, 0.15) is 5.56 Å². The summed E-state index contributed by atoms with van der Waals surface area (Å²) in [4.78, 5) is 24.7. The van der Waals surface area contributed by atoms with E-state index in [0.717, 1.165) is 26.6 Å². The minimum Gasteiger partial charge on any atom is -0.377 e. The molecule has 0 aliphatic rings. The maximum absolute atomic E-state index is 13.4. The second-order valence-corrected chi connectivity index (χ2v) is 10.2. The van der Waals surface area contributed by atoms with E-state index in [1.165, 1.54) is 30.5 Å². The number of sulfonamides is 1. The van der Waals surface area contributed by atoms with Gasteiger partial charge in [-0.15, -0.1) is 0 Å². The molecule has 0 spiro atoms. The van der Waals surface area contributed by atoms with Crippen LogP contribution in [0.2, 0.25) is 0 Å². The van der Waals surface area contributed by atoms with Gasteiger partial charge in [-0.25, -0.2) is 13.8 Å². The number of nitro benzene ring substituents is 1. The molecule has 0 saturated heterocycles. The van der Waals surface area contributed by atoms with Gasteiger partial charge in [-0.2, -0.15) is 5.10 Å². The highest BCUT2D eigenvalue weighted by Gasteiger charge is 2.33. The number of halogens is 1. The molecule has 0 radical (unpaired) electrons. The number of hydrogen-bond donors (Lipinski definition) is 1. The molecule has 3 rings (SSSR count). The van der Waals surface area contributed by atoms with Crippen molar-refractivity contribution in [3.8, 4) is 0 Å². The summed E-state index contributed by atoms with van der Waals surface area (Å²) in [6.45, 7) is -0.640. The van der Waals surface area contributed by atoms with Crippen molar-refractivity contribution >= 4 is 55.1 Å². The SMILES string of the molecule is CN(C)c1ccc(/C=N\NC(=O)CN(c2ccccc2)S(=O)(=O)c2ccccc2[N+](=O)[O-])cc1Br. The normalized spacial score (nSPS) is 11.3. The number of nitrogens with zero attached hydrogens (tertiary/aromatic N) is 4. The van der Waals surface area contributed by atoms with E-state index in [0.29, 0.717) is 5.56 Å².